The second-order valence-electron chi connectivity index (χ2n) is 9.02. The van der Waals surface area contributed by atoms with E-state index < -0.39 is 6.10 Å². The topological polar surface area (TPSA) is 58.4 Å². The third kappa shape index (κ3) is 3.57. The van der Waals surface area contributed by atoms with Gasteiger partial charge in [-0.05, 0) is 43.4 Å². The van der Waals surface area contributed by atoms with Crippen LogP contribution in [0.4, 0.5) is 5.69 Å². The zero-order chi connectivity index (χ0) is 21.5. The normalized spacial score (nSPS) is 20.8. The quantitative estimate of drug-likeness (QED) is 0.695. The number of hydrogen-bond donors (Lipinski definition) is 1. The Morgan fingerprint density at radius 2 is 1.94 bits per heavy atom. The van der Waals surface area contributed by atoms with Crippen LogP contribution in [0.5, 0.6) is 0 Å². The highest BCUT2D eigenvalue weighted by Crippen LogP contribution is 2.36. The first kappa shape index (κ1) is 20.0. The fourth-order valence-electron chi connectivity index (χ4n) is 5.05. The van der Waals surface area contributed by atoms with E-state index in [-0.39, 0.29) is 11.6 Å². The maximum absolute atomic E-state index is 13.6. The van der Waals surface area contributed by atoms with Crippen molar-refractivity contribution in [3.63, 3.8) is 0 Å². The van der Waals surface area contributed by atoms with E-state index in [0.717, 1.165) is 61.0 Å². The van der Waals surface area contributed by atoms with Crippen LogP contribution in [0.15, 0.2) is 47.5 Å². The molecule has 0 bridgehead atoms. The minimum absolute atomic E-state index is 0.0492. The molecule has 1 fully saturated rings. The standard InChI is InChI=1S/C26H29N3O2/c1-17-9-11-18(12-10-17)14-19-15-21-24(25-20(19)6-5-13-28(25)2)27-16-29(26(21)31)22-7-3-4-8-23(22)30/h5-6,9-12,15-16,22-23,30H,3-4,7-8,13-14H2,1-2H3. The third-order valence-corrected chi connectivity index (χ3v) is 6.79. The van der Waals surface area contributed by atoms with Gasteiger partial charge in [0.05, 0.1) is 29.5 Å². The number of nitrogens with zero attached hydrogens (tertiary/aromatic N) is 3. The second kappa shape index (κ2) is 7.97. The molecule has 160 valence electrons. The van der Waals surface area contributed by atoms with Crippen LogP contribution in [-0.4, -0.2) is 34.4 Å². The third-order valence-electron chi connectivity index (χ3n) is 6.79. The Bertz CT molecular complexity index is 1210. The Balaban J connectivity index is 1.69. The molecule has 2 atom stereocenters. The molecular weight excluding hydrogens is 386 g/mol. The Labute approximate surface area is 182 Å². The Morgan fingerprint density at radius 1 is 1.16 bits per heavy atom. The molecule has 5 heteroatoms. The molecule has 0 saturated heterocycles. The average molecular weight is 416 g/mol. The minimum Gasteiger partial charge on any atom is -0.391 e. The van der Waals surface area contributed by atoms with Gasteiger partial charge in [-0.2, -0.15) is 0 Å². The van der Waals surface area contributed by atoms with Crippen LogP contribution in [0, 0.1) is 6.92 Å². The van der Waals surface area contributed by atoms with Crippen molar-refractivity contribution < 1.29 is 5.11 Å². The summed E-state index contributed by atoms with van der Waals surface area (Å²) >= 11 is 0. The van der Waals surface area contributed by atoms with Crippen LogP contribution in [0.1, 0.15) is 54.0 Å². The first-order chi connectivity index (χ1) is 15.0. The summed E-state index contributed by atoms with van der Waals surface area (Å²) in [6.07, 6.45) is 9.85. The number of benzene rings is 2. The SMILES string of the molecule is Cc1ccc(Cc2cc3c(=O)n(C4CCCCC4O)cnc3c3c2C=CCN3C)cc1. The van der Waals surface area contributed by atoms with E-state index in [4.69, 9.17) is 4.98 Å². The van der Waals surface area contributed by atoms with Crippen LogP contribution < -0.4 is 10.5 Å². The zero-order valence-corrected chi connectivity index (χ0v) is 18.2. The molecule has 2 aromatic carbocycles. The van der Waals surface area contributed by atoms with Gasteiger partial charge in [0.1, 0.15) is 5.52 Å². The van der Waals surface area contributed by atoms with E-state index in [2.05, 4.69) is 55.3 Å². The predicted molar refractivity (Wildman–Crippen MR) is 126 cm³/mol. The molecule has 0 amide bonds. The predicted octanol–water partition coefficient (Wildman–Crippen LogP) is 4.23. The van der Waals surface area contributed by atoms with Gasteiger partial charge in [-0.15, -0.1) is 0 Å². The molecule has 0 spiro atoms. The molecule has 1 N–H and O–H groups in total. The number of aliphatic hydroxyl groups is 1. The van der Waals surface area contributed by atoms with Crippen LogP contribution in [0.2, 0.25) is 0 Å². The number of aryl methyl sites for hydroxylation is 1. The van der Waals surface area contributed by atoms with Gasteiger partial charge in [0.2, 0.25) is 0 Å². The van der Waals surface area contributed by atoms with Crippen LogP contribution in [0.25, 0.3) is 17.0 Å². The van der Waals surface area contributed by atoms with Crippen molar-refractivity contribution in [1.82, 2.24) is 9.55 Å². The monoisotopic (exact) mass is 415 g/mol. The number of hydrogen-bond acceptors (Lipinski definition) is 4. The number of anilines is 1. The summed E-state index contributed by atoms with van der Waals surface area (Å²) < 4.78 is 1.67. The van der Waals surface area contributed by atoms with Crippen molar-refractivity contribution in [2.45, 2.75) is 51.2 Å². The Morgan fingerprint density at radius 3 is 2.71 bits per heavy atom. The van der Waals surface area contributed by atoms with Gasteiger partial charge in [-0.25, -0.2) is 4.98 Å². The van der Waals surface area contributed by atoms with Crippen LogP contribution in [-0.2, 0) is 6.42 Å². The zero-order valence-electron chi connectivity index (χ0n) is 18.2. The van der Waals surface area contributed by atoms with Crippen molar-refractivity contribution in [3.05, 3.63) is 75.3 Å². The number of fused-ring (bicyclic) bond motifs is 3. The maximum Gasteiger partial charge on any atom is 0.261 e. The van der Waals surface area contributed by atoms with Gasteiger partial charge < -0.3 is 10.0 Å². The van der Waals surface area contributed by atoms with Gasteiger partial charge in [0.25, 0.3) is 5.56 Å². The molecule has 2 unspecified atom stereocenters. The number of aliphatic hydroxyl groups excluding tert-OH is 1. The van der Waals surface area contributed by atoms with Gasteiger partial charge in [-0.3, -0.25) is 9.36 Å². The largest absolute Gasteiger partial charge is 0.391 e. The van der Waals surface area contributed by atoms with Gasteiger partial charge in [0, 0.05) is 19.2 Å². The molecule has 3 aromatic rings. The van der Waals surface area contributed by atoms with E-state index in [1.54, 1.807) is 10.9 Å². The summed E-state index contributed by atoms with van der Waals surface area (Å²) in [4.78, 5) is 20.5. The fraction of sp³-hybridized carbons (Fsp3) is 0.385. The van der Waals surface area contributed by atoms with Crippen molar-refractivity contribution in [3.8, 4) is 0 Å². The molecule has 1 aliphatic heterocycles. The van der Waals surface area contributed by atoms with E-state index in [9.17, 15) is 9.90 Å². The maximum atomic E-state index is 13.6. The fourth-order valence-corrected chi connectivity index (χ4v) is 5.05. The van der Waals surface area contributed by atoms with Crippen LogP contribution in [0.3, 0.4) is 0 Å². The van der Waals surface area contributed by atoms with Gasteiger partial charge in [0.15, 0.2) is 0 Å². The first-order valence-electron chi connectivity index (χ1n) is 11.2. The van der Waals surface area contributed by atoms with Crippen LogP contribution >= 0.6 is 0 Å². The number of aromatic nitrogens is 2. The summed E-state index contributed by atoms with van der Waals surface area (Å²) in [7, 11) is 2.05. The van der Waals surface area contributed by atoms with Gasteiger partial charge in [-0.1, -0.05) is 54.8 Å². The number of likely N-dealkylation sites (N-methyl/N-ethyl adjacent to an activating group) is 1. The minimum atomic E-state index is -0.485. The summed E-state index contributed by atoms with van der Waals surface area (Å²) in [5.41, 5.74) is 6.46. The highest BCUT2D eigenvalue weighted by atomic mass is 16.3. The molecule has 0 radical (unpaired) electrons. The Hall–Kier alpha value is -2.92. The van der Waals surface area contributed by atoms with Crippen molar-refractivity contribution in [2.75, 3.05) is 18.5 Å². The summed E-state index contributed by atoms with van der Waals surface area (Å²) in [6.45, 7) is 2.88. The Kier molecular flexibility index (Phi) is 5.14. The molecule has 31 heavy (non-hydrogen) atoms. The van der Waals surface area contributed by atoms with E-state index in [1.807, 2.05) is 6.07 Å². The lowest BCUT2D eigenvalue weighted by Gasteiger charge is -2.30. The highest BCUT2D eigenvalue weighted by Gasteiger charge is 2.27. The molecule has 1 aliphatic carbocycles. The van der Waals surface area contributed by atoms with E-state index in [0.29, 0.717) is 5.39 Å². The molecule has 2 heterocycles. The molecule has 5 nitrogen and oxygen atoms in total. The molecule has 1 aromatic heterocycles. The van der Waals surface area contributed by atoms with E-state index >= 15 is 0 Å². The number of rotatable bonds is 3. The summed E-state index contributed by atoms with van der Waals surface area (Å²) in [5, 5.41) is 11.2. The lowest BCUT2D eigenvalue weighted by molar-refractivity contribution is 0.0735. The lowest BCUT2D eigenvalue weighted by atomic mass is 9.91. The summed E-state index contributed by atoms with van der Waals surface area (Å²) in [5.74, 6) is 0. The first-order valence-corrected chi connectivity index (χ1v) is 11.2. The average Bonchev–Trinajstić information content (AvgIpc) is 2.77. The smallest absolute Gasteiger partial charge is 0.261 e. The van der Waals surface area contributed by atoms with Gasteiger partial charge >= 0.3 is 0 Å². The van der Waals surface area contributed by atoms with E-state index in [1.165, 1.54) is 11.1 Å². The lowest BCUT2D eigenvalue weighted by Crippen LogP contribution is -2.35. The molecule has 2 aliphatic rings. The van der Waals surface area contributed by atoms with Crippen molar-refractivity contribution in [2.24, 2.45) is 0 Å². The van der Waals surface area contributed by atoms with Crippen molar-refractivity contribution >= 4 is 22.7 Å². The van der Waals surface area contributed by atoms with Crippen molar-refractivity contribution in [1.29, 1.82) is 0 Å². The summed E-state index contributed by atoms with van der Waals surface area (Å²) in [6, 6.07) is 10.4. The molecular formula is C26H29N3O2. The second-order valence-corrected chi connectivity index (χ2v) is 9.02. The molecule has 5 rings (SSSR count). The highest BCUT2D eigenvalue weighted by molar-refractivity contribution is 5.97. The molecule has 1 saturated carbocycles.